The fraction of sp³-hybridized carbons (Fsp3) is 0.385. The van der Waals surface area contributed by atoms with Crippen molar-refractivity contribution in [2.45, 2.75) is 19.9 Å². The Labute approximate surface area is 105 Å². The van der Waals surface area contributed by atoms with Gasteiger partial charge in [0.15, 0.2) is 0 Å². The second-order valence-corrected chi connectivity index (χ2v) is 4.28. The number of amides is 1. The summed E-state index contributed by atoms with van der Waals surface area (Å²) in [5.74, 6) is -2.31. The van der Waals surface area contributed by atoms with Crippen molar-refractivity contribution in [2.24, 2.45) is 5.92 Å². The average Bonchev–Trinajstić information content (AvgIpc) is 2.30. The number of hydrogen-bond acceptors (Lipinski definition) is 2. The van der Waals surface area contributed by atoms with Gasteiger partial charge >= 0.3 is 5.97 Å². The molecule has 0 spiro atoms. The first kappa shape index (κ1) is 14.2. The molecule has 0 aliphatic rings. The predicted octanol–water partition coefficient (Wildman–Crippen LogP) is 1.89. The largest absolute Gasteiger partial charge is 0.481 e. The van der Waals surface area contributed by atoms with E-state index in [1.807, 2.05) is 0 Å². The molecule has 1 aromatic rings. The lowest BCUT2D eigenvalue weighted by Gasteiger charge is -2.20. The molecule has 0 saturated heterocycles. The molecule has 0 fully saturated rings. The molecule has 0 aliphatic carbocycles. The highest BCUT2D eigenvalue weighted by molar-refractivity contribution is 5.82. The molecule has 0 radical (unpaired) electrons. The molecule has 1 N–H and O–H groups in total. The maximum atomic E-state index is 13.4. The van der Waals surface area contributed by atoms with Crippen LogP contribution >= 0.6 is 0 Å². The van der Waals surface area contributed by atoms with Crippen LogP contribution in [0.25, 0.3) is 0 Å². The highest BCUT2D eigenvalue weighted by Gasteiger charge is 2.20. The Morgan fingerprint density at radius 3 is 2.56 bits per heavy atom. The van der Waals surface area contributed by atoms with Gasteiger partial charge in [-0.25, -0.2) is 4.39 Å². The maximum Gasteiger partial charge on any atom is 0.304 e. The van der Waals surface area contributed by atoms with Crippen molar-refractivity contribution in [3.8, 4) is 0 Å². The molecular weight excluding hydrogens is 237 g/mol. The lowest BCUT2D eigenvalue weighted by molar-refractivity contribution is -0.143. The topological polar surface area (TPSA) is 57.6 Å². The van der Waals surface area contributed by atoms with Crippen molar-refractivity contribution in [1.29, 1.82) is 0 Å². The molecule has 0 saturated carbocycles. The minimum absolute atomic E-state index is 0.134. The number of rotatable bonds is 5. The van der Waals surface area contributed by atoms with E-state index in [0.29, 0.717) is 5.56 Å². The second-order valence-electron chi connectivity index (χ2n) is 4.28. The Kier molecular flexibility index (Phi) is 4.83. The average molecular weight is 253 g/mol. The summed E-state index contributed by atoms with van der Waals surface area (Å²) in [6.07, 6.45) is -0.222. The molecule has 4 nitrogen and oxygen atoms in total. The first-order valence-electron chi connectivity index (χ1n) is 5.62. The van der Waals surface area contributed by atoms with E-state index < -0.39 is 11.9 Å². The molecule has 18 heavy (non-hydrogen) atoms. The molecule has 1 aromatic carbocycles. The van der Waals surface area contributed by atoms with Gasteiger partial charge in [0.25, 0.3) is 0 Å². The quantitative estimate of drug-likeness (QED) is 0.871. The van der Waals surface area contributed by atoms with Gasteiger partial charge in [0, 0.05) is 25.1 Å². The van der Waals surface area contributed by atoms with Crippen LogP contribution in [0.3, 0.4) is 0 Å². The van der Waals surface area contributed by atoms with E-state index in [2.05, 4.69) is 0 Å². The van der Waals surface area contributed by atoms with E-state index in [0.717, 1.165) is 0 Å². The maximum absolute atomic E-state index is 13.4. The third-order valence-electron chi connectivity index (χ3n) is 2.64. The van der Waals surface area contributed by atoms with Crippen molar-refractivity contribution >= 4 is 11.9 Å². The molecule has 5 heteroatoms. The van der Waals surface area contributed by atoms with Gasteiger partial charge in [0.2, 0.25) is 5.91 Å². The molecule has 0 aliphatic heterocycles. The zero-order valence-electron chi connectivity index (χ0n) is 10.4. The lowest BCUT2D eigenvalue weighted by Crippen LogP contribution is -2.32. The van der Waals surface area contributed by atoms with Gasteiger partial charge in [-0.2, -0.15) is 0 Å². The van der Waals surface area contributed by atoms with E-state index in [1.165, 1.54) is 18.0 Å². The van der Waals surface area contributed by atoms with Crippen LogP contribution in [0.4, 0.5) is 4.39 Å². The number of carboxylic acid groups (broad SMARTS) is 1. The minimum Gasteiger partial charge on any atom is -0.481 e. The van der Waals surface area contributed by atoms with Crippen LogP contribution in [0.1, 0.15) is 18.9 Å². The number of carbonyl (C=O) groups excluding carboxylic acids is 1. The van der Waals surface area contributed by atoms with Gasteiger partial charge in [-0.05, 0) is 6.07 Å². The van der Waals surface area contributed by atoms with E-state index in [-0.39, 0.29) is 24.7 Å². The van der Waals surface area contributed by atoms with Crippen molar-refractivity contribution in [2.75, 3.05) is 7.05 Å². The zero-order valence-corrected chi connectivity index (χ0v) is 10.4. The number of halogens is 1. The van der Waals surface area contributed by atoms with Crippen LogP contribution in [0.15, 0.2) is 24.3 Å². The molecular formula is C13H16FNO3. The first-order chi connectivity index (χ1) is 8.41. The molecule has 0 aromatic heterocycles. The van der Waals surface area contributed by atoms with Crippen molar-refractivity contribution < 1.29 is 19.1 Å². The van der Waals surface area contributed by atoms with Gasteiger partial charge in [0.1, 0.15) is 5.82 Å². The Balaban J connectivity index is 2.65. The van der Waals surface area contributed by atoms with Crippen LogP contribution in [0.5, 0.6) is 0 Å². The molecule has 98 valence electrons. The number of carboxylic acids is 1. The number of benzene rings is 1. The van der Waals surface area contributed by atoms with Crippen LogP contribution in [-0.2, 0) is 16.1 Å². The van der Waals surface area contributed by atoms with Crippen LogP contribution in [-0.4, -0.2) is 28.9 Å². The summed E-state index contributed by atoms with van der Waals surface area (Å²) >= 11 is 0. The van der Waals surface area contributed by atoms with Crippen molar-refractivity contribution in [3.05, 3.63) is 35.6 Å². The van der Waals surface area contributed by atoms with Crippen LogP contribution < -0.4 is 0 Å². The summed E-state index contributed by atoms with van der Waals surface area (Å²) in [6, 6.07) is 6.19. The number of carbonyl (C=O) groups is 2. The molecule has 1 amide bonds. The zero-order chi connectivity index (χ0) is 13.7. The highest BCUT2D eigenvalue weighted by atomic mass is 19.1. The first-order valence-corrected chi connectivity index (χ1v) is 5.62. The van der Waals surface area contributed by atoms with Gasteiger partial charge in [-0.15, -0.1) is 0 Å². The third kappa shape index (κ3) is 3.84. The minimum atomic E-state index is -1.02. The summed E-state index contributed by atoms with van der Waals surface area (Å²) in [5, 5.41) is 8.62. The Bertz CT molecular complexity index is 448. The molecule has 1 rings (SSSR count). The number of nitrogens with zero attached hydrogens (tertiary/aromatic N) is 1. The second kappa shape index (κ2) is 6.14. The van der Waals surface area contributed by atoms with Crippen LogP contribution in [0, 0.1) is 11.7 Å². The summed E-state index contributed by atoms with van der Waals surface area (Å²) in [5.41, 5.74) is 0.413. The highest BCUT2D eigenvalue weighted by Crippen LogP contribution is 2.12. The summed E-state index contributed by atoms with van der Waals surface area (Å²) in [7, 11) is 1.53. The van der Waals surface area contributed by atoms with E-state index in [4.69, 9.17) is 5.11 Å². The lowest BCUT2D eigenvalue weighted by atomic mass is 10.1. The van der Waals surface area contributed by atoms with Gasteiger partial charge in [-0.3, -0.25) is 9.59 Å². The SMILES string of the molecule is CC(CC(=O)O)C(=O)N(C)Cc1ccccc1F. The number of hydrogen-bond donors (Lipinski definition) is 1. The molecule has 1 unspecified atom stereocenters. The molecule has 0 heterocycles. The van der Waals surface area contributed by atoms with Crippen molar-refractivity contribution in [3.63, 3.8) is 0 Å². The predicted molar refractivity (Wildman–Crippen MR) is 64.3 cm³/mol. The fourth-order valence-corrected chi connectivity index (χ4v) is 1.69. The molecule has 1 atom stereocenters. The van der Waals surface area contributed by atoms with E-state index in [1.54, 1.807) is 25.1 Å². The third-order valence-corrected chi connectivity index (χ3v) is 2.64. The smallest absolute Gasteiger partial charge is 0.304 e. The molecule has 0 bridgehead atoms. The van der Waals surface area contributed by atoms with E-state index >= 15 is 0 Å². The van der Waals surface area contributed by atoms with Crippen LogP contribution in [0.2, 0.25) is 0 Å². The normalized spacial score (nSPS) is 11.9. The Hall–Kier alpha value is -1.91. The number of aliphatic carboxylic acids is 1. The van der Waals surface area contributed by atoms with Gasteiger partial charge in [0.05, 0.1) is 6.42 Å². The monoisotopic (exact) mass is 253 g/mol. The van der Waals surface area contributed by atoms with Crippen molar-refractivity contribution in [1.82, 2.24) is 4.90 Å². The van der Waals surface area contributed by atoms with E-state index in [9.17, 15) is 14.0 Å². The Morgan fingerprint density at radius 2 is 2.00 bits per heavy atom. The summed E-state index contributed by atoms with van der Waals surface area (Å²) < 4.78 is 13.4. The summed E-state index contributed by atoms with van der Waals surface area (Å²) in [4.78, 5) is 23.7. The Morgan fingerprint density at radius 1 is 1.39 bits per heavy atom. The van der Waals surface area contributed by atoms with Gasteiger partial charge in [-0.1, -0.05) is 25.1 Å². The fourth-order valence-electron chi connectivity index (χ4n) is 1.69. The van der Waals surface area contributed by atoms with Gasteiger partial charge < -0.3 is 10.0 Å². The summed E-state index contributed by atoms with van der Waals surface area (Å²) in [6.45, 7) is 1.68. The standard InChI is InChI=1S/C13H16FNO3/c1-9(7-12(16)17)13(18)15(2)8-10-5-3-4-6-11(10)14/h3-6,9H,7-8H2,1-2H3,(H,16,17).